The van der Waals surface area contributed by atoms with E-state index in [2.05, 4.69) is 5.32 Å². The van der Waals surface area contributed by atoms with Crippen LogP contribution in [0.4, 0.5) is 4.39 Å². The van der Waals surface area contributed by atoms with Gasteiger partial charge in [0.05, 0.1) is 5.75 Å². The van der Waals surface area contributed by atoms with Crippen LogP contribution in [0.1, 0.15) is 31.2 Å². The summed E-state index contributed by atoms with van der Waals surface area (Å²) in [6.45, 7) is 0. The molecule has 1 aromatic rings. The fourth-order valence-corrected chi connectivity index (χ4v) is 3.01. The molecule has 0 heterocycles. The maximum atomic E-state index is 12.9. The van der Waals surface area contributed by atoms with Gasteiger partial charge in [-0.2, -0.15) is 0 Å². The van der Waals surface area contributed by atoms with Gasteiger partial charge in [-0.3, -0.25) is 4.79 Å². The zero-order valence-electron chi connectivity index (χ0n) is 10.3. The van der Waals surface area contributed by atoms with Gasteiger partial charge >= 0.3 is 0 Å². The molecule has 2 nitrogen and oxygen atoms in total. The maximum Gasteiger partial charge on any atom is 0.230 e. The van der Waals surface area contributed by atoms with Crippen LogP contribution in [0.3, 0.4) is 0 Å². The molecule has 18 heavy (non-hydrogen) atoms. The highest BCUT2D eigenvalue weighted by Gasteiger charge is 2.16. The normalized spacial score (nSPS) is 15.8. The minimum absolute atomic E-state index is 0.100. The lowest BCUT2D eigenvalue weighted by Gasteiger charge is -2.11. The topological polar surface area (TPSA) is 29.1 Å². The minimum Gasteiger partial charge on any atom is -0.353 e. The van der Waals surface area contributed by atoms with Crippen molar-refractivity contribution in [2.24, 2.45) is 0 Å². The molecule has 1 amide bonds. The van der Waals surface area contributed by atoms with Crippen LogP contribution in [0.25, 0.3) is 0 Å². The molecule has 0 atom stereocenters. The van der Waals surface area contributed by atoms with Crippen molar-refractivity contribution in [3.8, 4) is 0 Å². The summed E-state index contributed by atoms with van der Waals surface area (Å²) in [4.78, 5) is 11.7. The Kier molecular flexibility index (Phi) is 5.05. The number of hydrogen-bond donors (Lipinski definition) is 1. The lowest BCUT2D eigenvalue weighted by Crippen LogP contribution is -2.33. The standard InChI is InChI=1S/C14H18FNOS/c15-12-5-3-4-11(8-12)9-18-10-14(17)16-13-6-1-2-7-13/h3-5,8,13H,1-2,6-7,9-10H2,(H,16,17). The number of amides is 1. The summed E-state index contributed by atoms with van der Waals surface area (Å²) in [5, 5.41) is 3.04. The van der Waals surface area contributed by atoms with E-state index in [0.29, 0.717) is 17.5 Å². The van der Waals surface area contributed by atoms with Crippen LogP contribution in [0.2, 0.25) is 0 Å². The van der Waals surface area contributed by atoms with Crippen molar-refractivity contribution in [3.05, 3.63) is 35.6 Å². The molecule has 1 aliphatic carbocycles. The second-order valence-corrected chi connectivity index (χ2v) is 5.66. The van der Waals surface area contributed by atoms with Crippen LogP contribution >= 0.6 is 11.8 Å². The van der Waals surface area contributed by atoms with Gasteiger partial charge in [-0.05, 0) is 30.5 Å². The monoisotopic (exact) mass is 267 g/mol. The first-order valence-corrected chi connectivity index (χ1v) is 7.51. The summed E-state index contributed by atoms with van der Waals surface area (Å²) >= 11 is 1.53. The van der Waals surface area contributed by atoms with Crippen LogP contribution in [0, 0.1) is 5.82 Å². The number of benzene rings is 1. The van der Waals surface area contributed by atoms with Crippen molar-refractivity contribution in [2.75, 3.05) is 5.75 Å². The summed E-state index contributed by atoms with van der Waals surface area (Å²) in [5.41, 5.74) is 0.925. The van der Waals surface area contributed by atoms with Crippen molar-refractivity contribution >= 4 is 17.7 Å². The van der Waals surface area contributed by atoms with E-state index in [0.717, 1.165) is 18.4 Å². The molecule has 1 N–H and O–H groups in total. The van der Waals surface area contributed by atoms with Crippen molar-refractivity contribution in [2.45, 2.75) is 37.5 Å². The SMILES string of the molecule is O=C(CSCc1cccc(F)c1)NC1CCCC1. The van der Waals surface area contributed by atoms with Crippen LogP contribution in [0.5, 0.6) is 0 Å². The molecule has 0 aromatic heterocycles. The lowest BCUT2D eigenvalue weighted by atomic mass is 10.2. The summed E-state index contributed by atoms with van der Waals surface area (Å²) in [7, 11) is 0. The van der Waals surface area contributed by atoms with E-state index in [9.17, 15) is 9.18 Å². The predicted molar refractivity (Wildman–Crippen MR) is 73.0 cm³/mol. The molecule has 0 spiro atoms. The van der Waals surface area contributed by atoms with Gasteiger partial charge in [0, 0.05) is 11.8 Å². The maximum absolute atomic E-state index is 12.9. The molecule has 0 saturated heterocycles. The van der Waals surface area contributed by atoms with E-state index in [1.807, 2.05) is 6.07 Å². The Hall–Kier alpha value is -1.03. The summed E-state index contributed by atoms with van der Waals surface area (Å²) < 4.78 is 12.9. The van der Waals surface area contributed by atoms with Gasteiger partial charge in [-0.15, -0.1) is 11.8 Å². The first kappa shape index (κ1) is 13.4. The summed E-state index contributed by atoms with van der Waals surface area (Å²) in [5.74, 6) is 1.01. The third kappa shape index (κ3) is 4.33. The first-order valence-electron chi connectivity index (χ1n) is 6.35. The molecule has 1 aliphatic rings. The molecule has 98 valence electrons. The van der Waals surface area contributed by atoms with E-state index in [4.69, 9.17) is 0 Å². The molecule has 1 saturated carbocycles. The van der Waals surface area contributed by atoms with Crippen LogP contribution in [-0.4, -0.2) is 17.7 Å². The molecule has 2 rings (SSSR count). The third-order valence-electron chi connectivity index (χ3n) is 3.11. The molecule has 0 radical (unpaired) electrons. The lowest BCUT2D eigenvalue weighted by molar-refractivity contribution is -0.119. The van der Waals surface area contributed by atoms with Crippen molar-refractivity contribution < 1.29 is 9.18 Å². The van der Waals surface area contributed by atoms with E-state index >= 15 is 0 Å². The van der Waals surface area contributed by atoms with Gasteiger partial charge in [0.25, 0.3) is 0 Å². The Bertz CT molecular complexity index is 405. The molecule has 0 aliphatic heterocycles. The third-order valence-corrected chi connectivity index (χ3v) is 4.11. The van der Waals surface area contributed by atoms with E-state index in [1.54, 1.807) is 6.07 Å². The Balaban J connectivity index is 1.66. The van der Waals surface area contributed by atoms with Gasteiger partial charge in [0.15, 0.2) is 0 Å². The summed E-state index contributed by atoms with van der Waals surface area (Å²) in [6, 6.07) is 6.91. The zero-order valence-corrected chi connectivity index (χ0v) is 11.1. The Labute approximate surface area is 111 Å². The average molecular weight is 267 g/mol. The number of carbonyl (C=O) groups is 1. The average Bonchev–Trinajstić information content (AvgIpc) is 2.82. The second-order valence-electron chi connectivity index (χ2n) is 4.67. The number of rotatable bonds is 5. The zero-order chi connectivity index (χ0) is 12.8. The molecule has 0 bridgehead atoms. The van der Waals surface area contributed by atoms with Crippen LogP contribution in [-0.2, 0) is 10.5 Å². The van der Waals surface area contributed by atoms with Gasteiger partial charge in [-0.25, -0.2) is 4.39 Å². The second kappa shape index (κ2) is 6.78. The number of thioether (sulfide) groups is 1. The number of carbonyl (C=O) groups excluding carboxylic acids is 1. The highest BCUT2D eigenvalue weighted by atomic mass is 32.2. The van der Waals surface area contributed by atoms with Crippen LogP contribution in [0.15, 0.2) is 24.3 Å². The Morgan fingerprint density at radius 3 is 2.89 bits per heavy atom. The number of hydrogen-bond acceptors (Lipinski definition) is 2. The van der Waals surface area contributed by atoms with E-state index < -0.39 is 0 Å². The fourth-order valence-electron chi connectivity index (χ4n) is 2.23. The van der Waals surface area contributed by atoms with E-state index in [-0.39, 0.29) is 11.7 Å². The molecule has 0 unspecified atom stereocenters. The Morgan fingerprint density at radius 2 is 2.17 bits per heavy atom. The van der Waals surface area contributed by atoms with Crippen LogP contribution < -0.4 is 5.32 Å². The van der Waals surface area contributed by atoms with Gasteiger partial charge in [0.2, 0.25) is 5.91 Å². The molecular weight excluding hydrogens is 249 g/mol. The molecule has 1 aromatic carbocycles. The largest absolute Gasteiger partial charge is 0.353 e. The Morgan fingerprint density at radius 1 is 1.39 bits per heavy atom. The van der Waals surface area contributed by atoms with Gasteiger partial charge in [-0.1, -0.05) is 25.0 Å². The van der Waals surface area contributed by atoms with Crippen molar-refractivity contribution in [3.63, 3.8) is 0 Å². The van der Waals surface area contributed by atoms with Crippen molar-refractivity contribution in [1.82, 2.24) is 5.32 Å². The van der Waals surface area contributed by atoms with Crippen molar-refractivity contribution in [1.29, 1.82) is 0 Å². The number of halogens is 1. The highest BCUT2D eigenvalue weighted by Crippen LogP contribution is 2.18. The highest BCUT2D eigenvalue weighted by molar-refractivity contribution is 7.99. The fraction of sp³-hybridized carbons (Fsp3) is 0.500. The smallest absolute Gasteiger partial charge is 0.230 e. The number of nitrogens with one attached hydrogen (secondary N) is 1. The van der Waals surface area contributed by atoms with Gasteiger partial charge < -0.3 is 5.32 Å². The molecule has 4 heteroatoms. The predicted octanol–water partition coefficient (Wildman–Crippen LogP) is 3.12. The minimum atomic E-state index is -0.219. The first-order chi connectivity index (χ1) is 8.74. The molecule has 1 fully saturated rings. The van der Waals surface area contributed by atoms with E-state index in [1.165, 1.54) is 36.7 Å². The quantitative estimate of drug-likeness (QED) is 0.888. The summed E-state index contributed by atoms with van der Waals surface area (Å²) in [6.07, 6.45) is 4.67. The van der Waals surface area contributed by atoms with Gasteiger partial charge in [0.1, 0.15) is 5.82 Å². The molecular formula is C14H18FNOS.